The van der Waals surface area contributed by atoms with Crippen molar-refractivity contribution in [3.63, 3.8) is 0 Å². The quantitative estimate of drug-likeness (QED) is 0.565. The van der Waals surface area contributed by atoms with Gasteiger partial charge in [-0.1, -0.05) is 43.5 Å². The lowest BCUT2D eigenvalue weighted by molar-refractivity contribution is 0.0620. The van der Waals surface area contributed by atoms with Crippen molar-refractivity contribution < 1.29 is 8.78 Å². The van der Waals surface area contributed by atoms with Crippen molar-refractivity contribution >= 4 is 0 Å². The maximum Gasteiger partial charge on any atom is 0.173 e. The fraction of sp³-hybridized carbons (Fsp3) is 0.480. The van der Waals surface area contributed by atoms with Crippen molar-refractivity contribution in [3.05, 3.63) is 77.1 Å². The molecule has 3 aromatic rings. The molecule has 0 spiro atoms. The van der Waals surface area contributed by atoms with E-state index >= 15 is 0 Å². The highest BCUT2D eigenvalue weighted by Crippen LogP contribution is 2.30. The number of piperazine rings is 1. The van der Waals surface area contributed by atoms with E-state index in [0.717, 1.165) is 43.1 Å². The Kier molecular flexibility index (Phi) is 6.73. The average molecular weight is 453 g/mol. The third-order valence-electron chi connectivity index (χ3n) is 7.04. The van der Waals surface area contributed by atoms with Crippen LogP contribution in [0.25, 0.3) is 0 Å². The summed E-state index contributed by atoms with van der Waals surface area (Å²) >= 11 is 0. The SMILES string of the molecule is Fc1ccc(Cn2nnnc2C(c2ccc(F)cc2)N2CCN(C3CCCCC3)CC2)cc1. The normalized spacial score (nSPS) is 19.6. The summed E-state index contributed by atoms with van der Waals surface area (Å²) in [6.07, 6.45) is 6.64. The first-order valence-corrected chi connectivity index (χ1v) is 11.9. The Morgan fingerprint density at radius 2 is 1.45 bits per heavy atom. The Bertz CT molecular complexity index is 1020. The van der Waals surface area contributed by atoms with E-state index in [1.165, 1.54) is 56.4 Å². The summed E-state index contributed by atoms with van der Waals surface area (Å²) in [4.78, 5) is 5.04. The number of hydrogen-bond donors (Lipinski definition) is 0. The maximum atomic E-state index is 13.7. The van der Waals surface area contributed by atoms with Gasteiger partial charge in [0.05, 0.1) is 12.6 Å². The van der Waals surface area contributed by atoms with Crippen LogP contribution in [0.2, 0.25) is 0 Å². The van der Waals surface area contributed by atoms with Gasteiger partial charge in [0.1, 0.15) is 11.6 Å². The van der Waals surface area contributed by atoms with Gasteiger partial charge in [0, 0.05) is 32.2 Å². The van der Waals surface area contributed by atoms with Crippen LogP contribution in [0.3, 0.4) is 0 Å². The zero-order valence-corrected chi connectivity index (χ0v) is 18.8. The third kappa shape index (κ3) is 5.12. The van der Waals surface area contributed by atoms with Crippen molar-refractivity contribution in [3.8, 4) is 0 Å². The molecular weight excluding hydrogens is 422 g/mol. The molecule has 174 valence electrons. The monoisotopic (exact) mass is 452 g/mol. The molecule has 1 aliphatic heterocycles. The average Bonchev–Trinajstić information content (AvgIpc) is 3.30. The topological polar surface area (TPSA) is 50.1 Å². The van der Waals surface area contributed by atoms with Gasteiger partial charge in [-0.2, -0.15) is 0 Å². The van der Waals surface area contributed by atoms with Crippen LogP contribution in [0.5, 0.6) is 0 Å². The minimum atomic E-state index is -0.268. The van der Waals surface area contributed by atoms with Crippen LogP contribution in [0.1, 0.15) is 55.1 Å². The molecule has 0 N–H and O–H groups in total. The molecule has 1 saturated heterocycles. The summed E-state index contributed by atoms with van der Waals surface area (Å²) in [5.41, 5.74) is 1.89. The lowest BCUT2D eigenvalue weighted by Crippen LogP contribution is -2.52. The molecular formula is C25H30F2N6. The molecule has 1 aliphatic carbocycles. The van der Waals surface area contributed by atoms with E-state index in [2.05, 4.69) is 25.3 Å². The first-order chi connectivity index (χ1) is 16.2. The van der Waals surface area contributed by atoms with E-state index in [9.17, 15) is 8.78 Å². The van der Waals surface area contributed by atoms with Crippen LogP contribution in [0.15, 0.2) is 48.5 Å². The van der Waals surface area contributed by atoms with Gasteiger partial charge >= 0.3 is 0 Å². The Hall–Kier alpha value is -2.71. The van der Waals surface area contributed by atoms with Crippen molar-refractivity contribution in [2.24, 2.45) is 0 Å². The number of halogens is 2. The first-order valence-electron chi connectivity index (χ1n) is 11.9. The number of nitrogens with zero attached hydrogens (tertiary/aromatic N) is 6. The van der Waals surface area contributed by atoms with Gasteiger partial charge in [0.2, 0.25) is 0 Å². The fourth-order valence-corrected chi connectivity index (χ4v) is 5.26. The Morgan fingerprint density at radius 1 is 0.818 bits per heavy atom. The molecule has 1 saturated carbocycles. The predicted molar refractivity (Wildman–Crippen MR) is 122 cm³/mol. The molecule has 2 aromatic carbocycles. The summed E-state index contributed by atoms with van der Waals surface area (Å²) in [5, 5.41) is 12.6. The second-order valence-corrected chi connectivity index (χ2v) is 9.14. The lowest BCUT2D eigenvalue weighted by atomic mass is 9.93. The maximum absolute atomic E-state index is 13.7. The molecule has 2 fully saturated rings. The minimum Gasteiger partial charge on any atom is -0.298 e. The molecule has 1 unspecified atom stereocenters. The van der Waals surface area contributed by atoms with Gasteiger partial charge in [-0.15, -0.1) is 5.10 Å². The molecule has 6 nitrogen and oxygen atoms in total. The van der Waals surface area contributed by atoms with Gasteiger partial charge in [0.15, 0.2) is 5.82 Å². The zero-order chi connectivity index (χ0) is 22.6. The molecule has 2 heterocycles. The summed E-state index contributed by atoms with van der Waals surface area (Å²) in [6.45, 7) is 4.29. The van der Waals surface area contributed by atoms with Gasteiger partial charge < -0.3 is 0 Å². The molecule has 2 aliphatic rings. The van der Waals surface area contributed by atoms with Gasteiger partial charge in [-0.05, 0) is 58.7 Å². The number of aromatic nitrogens is 4. The highest BCUT2D eigenvalue weighted by molar-refractivity contribution is 5.26. The van der Waals surface area contributed by atoms with Crippen LogP contribution in [-0.4, -0.2) is 62.2 Å². The molecule has 1 aromatic heterocycles. The molecule has 5 rings (SSSR count). The van der Waals surface area contributed by atoms with E-state index < -0.39 is 0 Å². The third-order valence-corrected chi connectivity index (χ3v) is 7.04. The molecule has 8 heteroatoms. The Balaban J connectivity index is 1.39. The van der Waals surface area contributed by atoms with Crippen molar-refractivity contribution in [1.29, 1.82) is 0 Å². The van der Waals surface area contributed by atoms with Crippen molar-refractivity contribution in [1.82, 2.24) is 30.0 Å². The summed E-state index contributed by atoms with van der Waals surface area (Å²) in [5.74, 6) is 0.193. The molecule has 33 heavy (non-hydrogen) atoms. The van der Waals surface area contributed by atoms with Crippen LogP contribution < -0.4 is 0 Å². The van der Waals surface area contributed by atoms with Crippen LogP contribution in [-0.2, 0) is 6.54 Å². The highest BCUT2D eigenvalue weighted by Gasteiger charge is 2.32. The number of rotatable bonds is 6. The highest BCUT2D eigenvalue weighted by atomic mass is 19.1. The van der Waals surface area contributed by atoms with E-state index in [1.807, 2.05) is 12.1 Å². The summed E-state index contributed by atoms with van der Waals surface area (Å²) in [7, 11) is 0. The standard InChI is InChI=1S/C25H30F2N6/c26-21-10-6-19(7-11-21)18-33-25(28-29-30-33)24(20-8-12-22(27)13-9-20)32-16-14-31(15-17-32)23-4-2-1-3-5-23/h6-13,23-24H,1-5,14-18H2. The Morgan fingerprint density at radius 3 is 2.12 bits per heavy atom. The zero-order valence-electron chi connectivity index (χ0n) is 18.8. The van der Waals surface area contributed by atoms with Crippen molar-refractivity contribution in [2.45, 2.75) is 50.7 Å². The lowest BCUT2D eigenvalue weighted by Gasteiger charge is -2.43. The molecule has 0 amide bonds. The fourth-order valence-electron chi connectivity index (χ4n) is 5.26. The van der Waals surface area contributed by atoms with Gasteiger partial charge in [0.25, 0.3) is 0 Å². The largest absolute Gasteiger partial charge is 0.298 e. The predicted octanol–water partition coefficient (Wildman–Crippen LogP) is 4.04. The van der Waals surface area contributed by atoms with Crippen molar-refractivity contribution in [2.75, 3.05) is 26.2 Å². The second-order valence-electron chi connectivity index (χ2n) is 9.14. The minimum absolute atomic E-state index is 0.172. The second kappa shape index (κ2) is 10.1. The van der Waals surface area contributed by atoms with Crippen LogP contribution >= 0.6 is 0 Å². The van der Waals surface area contributed by atoms with Crippen LogP contribution in [0.4, 0.5) is 8.78 Å². The van der Waals surface area contributed by atoms with E-state index in [-0.39, 0.29) is 17.7 Å². The molecule has 1 atom stereocenters. The van der Waals surface area contributed by atoms with Gasteiger partial charge in [-0.25, -0.2) is 13.5 Å². The first kappa shape index (κ1) is 22.1. The number of tetrazole rings is 1. The summed E-state index contributed by atoms with van der Waals surface area (Å²) in [6, 6.07) is 13.6. The van der Waals surface area contributed by atoms with Gasteiger partial charge in [-0.3, -0.25) is 9.80 Å². The van der Waals surface area contributed by atoms with Crippen LogP contribution in [0, 0.1) is 11.6 Å². The smallest absolute Gasteiger partial charge is 0.173 e. The van der Waals surface area contributed by atoms with E-state index in [1.54, 1.807) is 16.8 Å². The summed E-state index contributed by atoms with van der Waals surface area (Å²) < 4.78 is 28.8. The number of benzene rings is 2. The molecule has 0 bridgehead atoms. The van der Waals surface area contributed by atoms with E-state index in [0.29, 0.717) is 12.6 Å². The Labute approximate surface area is 193 Å². The van der Waals surface area contributed by atoms with E-state index in [4.69, 9.17) is 0 Å². The number of hydrogen-bond acceptors (Lipinski definition) is 5. The molecule has 0 radical (unpaired) electrons.